The van der Waals surface area contributed by atoms with E-state index in [9.17, 15) is 0 Å². The Morgan fingerprint density at radius 2 is 2.14 bits per heavy atom. The number of hydrogen-bond acceptors (Lipinski definition) is 3. The molecule has 0 unspecified atom stereocenters. The third-order valence-electron chi connectivity index (χ3n) is 3.22. The summed E-state index contributed by atoms with van der Waals surface area (Å²) in [4.78, 5) is 4.38. The topological polar surface area (TPSA) is 42.7 Å². The van der Waals surface area contributed by atoms with Gasteiger partial charge in [0.25, 0.3) is 0 Å². The zero-order valence-electron chi connectivity index (χ0n) is 11.6. The van der Waals surface area contributed by atoms with Crippen molar-refractivity contribution in [1.29, 1.82) is 0 Å². The molecular weight excluding hydrogens is 284 g/mol. The number of nitrogens with zero attached hydrogens (tertiary/aromatic N) is 3. The average Bonchev–Trinajstić information content (AvgIpc) is 3.03. The Labute approximate surface area is 128 Å². The van der Waals surface area contributed by atoms with Gasteiger partial charge in [0.05, 0.1) is 11.9 Å². The van der Waals surface area contributed by atoms with Gasteiger partial charge < -0.3 is 5.32 Å². The van der Waals surface area contributed by atoms with Gasteiger partial charge in [-0.25, -0.2) is 9.67 Å². The van der Waals surface area contributed by atoms with Gasteiger partial charge in [0.2, 0.25) is 0 Å². The van der Waals surface area contributed by atoms with Crippen molar-refractivity contribution in [1.82, 2.24) is 14.8 Å². The second-order valence-corrected chi connectivity index (χ2v) is 5.20. The number of halogens is 1. The summed E-state index contributed by atoms with van der Waals surface area (Å²) in [5.41, 5.74) is 3.19. The molecule has 5 heteroatoms. The summed E-state index contributed by atoms with van der Waals surface area (Å²) in [6.07, 6.45) is 5.39. The molecule has 3 aromatic rings. The van der Waals surface area contributed by atoms with Crippen molar-refractivity contribution in [3.8, 4) is 5.82 Å². The molecule has 0 saturated heterocycles. The monoisotopic (exact) mass is 298 g/mol. The Kier molecular flexibility index (Phi) is 3.88. The molecule has 0 radical (unpaired) electrons. The fourth-order valence-corrected chi connectivity index (χ4v) is 2.18. The van der Waals surface area contributed by atoms with Crippen LogP contribution in [0.2, 0.25) is 5.02 Å². The molecule has 0 spiro atoms. The van der Waals surface area contributed by atoms with Crippen molar-refractivity contribution in [2.24, 2.45) is 0 Å². The smallest absolute Gasteiger partial charge is 0.153 e. The van der Waals surface area contributed by atoms with Gasteiger partial charge >= 0.3 is 0 Å². The molecule has 106 valence electrons. The summed E-state index contributed by atoms with van der Waals surface area (Å²) in [7, 11) is 0. The Morgan fingerprint density at radius 1 is 1.24 bits per heavy atom. The molecule has 21 heavy (non-hydrogen) atoms. The van der Waals surface area contributed by atoms with Crippen LogP contribution in [-0.2, 0) is 6.54 Å². The number of rotatable bonds is 4. The Morgan fingerprint density at radius 3 is 2.81 bits per heavy atom. The second kappa shape index (κ2) is 5.97. The third kappa shape index (κ3) is 3.23. The highest BCUT2D eigenvalue weighted by atomic mass is 35.5. The zero-order chi connectivity index (χ0) is 14.7. The predicted octanol–water partition coefficient (Wildman–Crippen LogP) is 3.84. The number of aromatic nitrogens is 3. The highest BCUT2D eigenvalue weighted by molar-refractivity contribution is 6.31. The van der Waals surface area contributed by atoms with E-state index in [2.05, 4.69) is 21.5 Å². The molecule has 0 amide bonds. The fourth-order valence-electron chi connectivity index (χ4n) is 1.98. The fraction of sp³-hybridized carbons (Fsp3) is 0.125. The van der Waals surface area contributed by atoms with E-state index in [1.165, 1.54) is 0 Å². The lowest BCUT2D eigenvalue weighted by atomic mass is 10.1. The molecule has 0 aliphatic carbocycles. The predicted molar refractivity (Wildman–Crippen MR) is 84.9 cm³/mol. The van der Waals surface area contributed by atoms with Crippen LogP contribution in [0.1, 0.15) is 11.1 Å². The van der Waals surface area contributed by atoms with E-state index in [1.807, 2.05) is 43.5 Å². The number of aryl methyl sites for hydroxylation is 1. The summed E-state index contributed by atoms with van der Waals surface area (Å²) in [6.45, 7) is 2.71. The van der Waals surface area contributed by atoms with Crippen molar-refractivity contribution in [3.63, 3.8) is 0 Å². The van der Waals surface area contributed by atoms with Gasteiger partial charge in [-0.2, -0.15) is 5.10 Å². The van der Waals surface area contributed by atoms with Gasteiger partial charge in [0.1, 0.15) is 0 Å². The molecule has 3 rings (SSSR count). The summed E-state index contributed by atoms with van der Waals surface area (Å²) in [6, 6.07) is 11.9. The van der Waals surface area contributed by atoms with Gasteiger partial charge in [-0.05, 0) is 42.3 Å². The third-order valence-corrected chi connectivity index (χ3v) is 3.63. The molecule has 4 nitrogen and oxygen atoms in total. The maximum absolute atomic E-state index is 6.12. The van der Waals surface area contributed by atoms with E-state index in [0.29, 0.717) is 6.54 Å². The summed E-state index contributed by atoms with van der Waals surface area (Å²) >= 11 is 6.12. The zero-order valence-corrected chi connectivity index (χ0v) is 12.4. The van der Waals surface area contributed by atoms with Gasteiger partial charge in [0, 0.05) is 24.0 Å². The largest absolute Gasteiger partial charge is 0.380 e. The molecule has 0 aliphatic rings. The van der Waals surface area contributed by atoms with Crippen molar-refractivity contribution in [3.05, 3.63) is 71.1 Å². The minimum atomic E-state index is 0.711. The van der Waals surface area contributed by atoms with Gasteiger partial charge in [-0.3, -0.25) is 0 Å². The van der Waals surface area contributed by atoms with E-state index >= 15 is 0 Å². The first kappa shape index (κ1) is 13.6. The van der Waals surface area contributed by atoms with E-state index in [-0.39, 0.29) is 0 Å². The van der Waals surface area contributed by atoms with Crippen LogP contribution in [-0.4, -0.2) is 14.8 Å². The van der Waals surface area contributed by atoms with Gasteiger partial charge in [-0.15, -0.1) is 0 Å². The van der Waals surface area contributed by atoms with E-state index < -0.39 is 0 Å². The molecule has 2 heterocycles. The minimum Gasteiger partial charge on any atom is -0.380 e. The summed E-state index contributed by atoms with van der Waals surface area (Å²) in [5.74, 6) is 0.795. The Hall–Kier alpha value is -2.33. The molecule has 0 bridgehead atoms. The molecular formula is C16H15ClN4. The number of nitrogens with one attached hydrogen (secondary N) is 1. The molecule has 2 aromatic heterocycles. The normalized spacial score (nSPS) is 10.6. The molecule has 1 aromatic carbocycles. The quantitative estimate of drug-likeness (QED) is 0.796. The van der Waals surface area contributed by atoms with Crippen LogP contribution in [0.4, 0.5) is 5.69 Å². The van der Waals surface area contributed by atoms with Crippen LogP contribution >= 0.6 is 11.6 Å². The number of anilines is 1. The number of benzene rings is 1. The average molecular weight is 299 g/mol. The Bertz CT molecular complexity index is 721. The van der Waals surface area contributed by atoms with Crippen molar-refractivity contribution in [2.75, 3.05) is 5.32 Å². The molecule has 0 saturated carbocycles. The van der Waals surface area contributed by atoms with E-state index in [0.717, 1.165) is 27.7 Å². The minimum absolute atomic E-state index is 0.711. The van der Waals surface area contributed by atoms with Gasteiger partial charge in [0.15, 0.2) is 5.82 Å². The molecule has 1 N–H and O–H groups in total. The summed E-state index contributed by atoms with van der Waals surface area (Å²) in [5, 5.41) is 8.27. The molecule has 0 atom stereocenters. The maximum Gasteiger partial charge on any atom is 0.153 e. The highest BCUT2D eigenvalue weighted by Gasteiger charge is 2.00. The number of hydrogen-bond donors (Lipinski definition) is 1. The van der Waals surface area contributed by atoms with Crippen LogP contribution < -0.4 is 5.32 Å². The first-order chi connectivity index (χ1) is 10.2. The van der Waals surface area contributed by atoms with Crippen LogP contribution in [0.3, 0.4) is 0 Å². The SMILES string of the molecule is Cc1ccc(CNc2ccc(-n3cccn3)nc2)cc1Cl. The van der Waals surface area contributed by atoms with Crippen molar-refractivity contribution >= 4 is 17.3 Å². The first-order valence-corrected chi connectivity index (χ1v) is 7.05. The van der Waals surface area contributed by atoms with Crippen LogP contribution in [0, 0.1) is 6.92 Å². The van der Waals surface area contributed by atoms with Crippen LogP contribution in [0.25, 0.3) is 5.82 Å². The Balaban J connectivity index is 1.66. The van der Waals surface area contributed by atoms with E-state index in [1.54, 1.807) is 17.1 Å². The van der Waals surface area contributed by atoms with Crippen LogP contribution in [0.15, 0.2) is 55.0 Å². The van der Waals surface area contributed by atoms with Crippen LogP contribution in [0.5, 0.6) is 0 Å². The molecule has 0 aliphatic heterocycles. The molecule has 0 fully saturated rings. The summed E-state index contributed by atoms with van der Waals surface area (Å²) < 4.78 is 1.73. The lowest BCUT2D eigenvalue weighted by Crippen LogP contribution is -2.02. The second-order valence-electron chi connectivity index (χ2n) is 4.79. The maximum atomic E-state index is 6.12. The highest BCUT2D eigenvalue weighted by Crippen LogP contribution is 2.18. The standard InChI is InChI=1S/C16H15ClN4/c1-12-3-4-13(9-15(12)17)10-18-14-5-6-16(19-11-14)21-8-2-7-20-21/h2-9,11,18H,10H2,1H3. The van der Waals surface area contributed by atoms with Gasteiger partial charge in [-0.1, -0.05) is 23.7 Å². The number of pyridine rings is 1. The van der Waals surface area contributed by atoms with Crippen molar-refractivity contribution < 1.29 is 0 Å². The lowest BCUT2D eigenvalue weighted by molar-refractivity contribution is 0.847. The van der Waals surface area contributed by atoms with Crippen molar-refractivity contribution in [2.45, 2.75) is 13.5 Å². The lowest BCUT2D eigenvalue weighted by Gasteiger charge is -2.08. The first-order valence-electron chi connectivity index (χ1n) is 6.67. The van der Waals surface area contributed by atoms with E-state index in [4.69, 9.17) is 11.6 Å².